The largest absolute Gasteiger partial charge is 0.417 e. The normalized spacial score (nSPS) is 11.4. The van der Waals surface area contributed by atoms with Gasteiger partial charge in [-0.05, 0) is 29.8 Å². The first-order valence-electron chi connectivity index (χ1n) is 4.94. The van der Waals surface area contributed by atoms with Gasteiger partial charge >= 0.3 is 6.18 Å². The first kappa shape index (κ1) is 15.2. The molecule has 1 N–H and O–H groups in total. The van der Waals surface area contributed by atoms with Crippen molar-refractivity contribution in [2.75, 3.05) is 5.32 Å². The molecule has 10 heteroatoms. The summed E-state index contributed by atoms with van der Waals surface area (Å²) in [6.07, 6.45) is -4.52. The lowest BCUT2D eigenvalue weighted by Crippen LogP contribution is -2.13. The van der Waals surface area contributed by atoms with Gasteiger partial charge in [-0.1, -0.05) is 27.3 Å². The van der Waals surface area contributed by atoms with Crippen molar-refractivity contribution in [1.82, 2.24) is 10.2 Å². The summed E-state index contributed by atoms with van der Waals surface area (Å²) in [7, 11) is 0. The molecule has 0 bridgehead atoms. The van der Waals surface area contributed by atoms with Gasteiger partial charge in [-0.3, -0.25) is 4.79 Å². The lowest BCUT2D eigenvalue weighted by atomic mass is 10.2. The monoisotopic (exact) mass is 385 g/mol. The van der Waals surface area contributed by atoms with Gasteiger partial charge in [0.25, 0.3) is 5.91 Å². The third kappa shape index (κ3) is 3.47. The second-order valence-electron chi connectivity index (χ2n) is 3.51. The molecule has 0 saturated carbocycles. The van der Waals surface area contributed by atoms with Gasteiger partial charge in [-0.2, -0.15) is 13.2 Å². The van der Waals surface area contributed by atoms with Crippen LogP contribution in [0.3, 0.4) is 0 Å². The molecule has 0 aliphatic rings. The summed E-state index contributed by atoms with van der Waals surface area (Å²) in [6, 6.07) is 3.36. The molecule has 1 aromatic carbocycles. The molecule has 0 atom stereocenters. The summed E-state index contributed by atoms with van der Waals surface area (Å²) in [5.74, 6) is -0.676. The number of hydrogen-bond acceptors (Lipinski definition) is 4. The molecule has 2 aromatic rings. The molecule has 0 fully saturated rings. The van der Waals surface area contributed by atoms with Crippen LogP contribution in [-0.2, 0) is 6.18 Å². The van der Waals surface area contributed by atoms with Crippen LogP contribution in [0.2, 0.25) is 4.47 Å². The minimum absolute atomic E-state index is 0.00292. The van der Waals surface area contributed by atoms with E-state index in [1.165, 1.54) is 12.1 Å². The number of rotatable bonds is 2. The average Bonchev–Trinajstić information content (AvgIpc) is 2.77. The molecular weight excluding hydrogens is 383 g/mol. The minimum atomic E-state index is -4.52. The van der Waals surface area contributed by atoms with Crippen molar-refractivity contribution in [2.24, 2.45) is 0 Å². The van der Waals surface area contributed by atoms with Crippen LogP contribution in [0.1, 0.15) is 15.4 Å². The summed E-state index contributed by atoms with van der Waals surface area (Å²) < 4.78 is 38.1. The van der Waals surface area contributed by atoms with Crippen LogP contribution in [0.15, 0.2) is 22.7 Å². The number of benzene rings is 1. The molecule has 0 radical (unpaired) electrons. The number of halogens is 5. The highest BCUT2D eigenvalue weighted by atomic mass is 79.9. The Kier molecular flexibility index (Phi) is 4.31. The van der Waals surface area contributed by atoms with Crippen LogP contribution in [-0.4, -0.2) is 16.1 Å². The van der Waals surface area contributed by atoms with E-state index in [9.17, 15) is 18.0 Å². The zero-order chi connectivity index (χ0) is 14.9. The van der Waals surface area contributed by atoms with E-state index in [1.807, 2.05) is 0 Å². The SMILES string of the molecule is O=C(Nc1ccc(Br)c(C(F)(F)F)c1)c1nnc(Cl)s1. The second-order valence-corrected chi connectivity index (χ2v) is 5.92. The Morgan fingerprint density at radius 2 is 2.05 bits per heavy atom. The van der Waals surface area contributed by atoms with Crippen molar-refractivity contribution in [3.8, 4) is 0 Å². The first-order chi connectivity index (χ1) is 9.27. The molecule has 1 heterocycles. The van der Waals surface area contributed by atoms with E-state index >= 15 is 0 Å². The standard InChI is InChI=1S/C10H4BrClF3N3OS/c11-6-2-1-4(3-5(6)10(13,14)15)16-7(19)8-17-18-9(12)20-8/h1-3H,(H,16,19). The van der Waals surface area contributed by atoms with Crippen molar-refractivity contribution in [3.63, 3.8) is 0 Å². The Morgan fingerprint density at radius 3 is 2.60 bits per heavy atom. The van der Waals surface area contributed by atoms with Crippen molar-refractivity contribution in [2.45, 2.75) is 6.18 Å². The summed E-state index contributed by atoms with van der Waals surface area (Å²) in [5, 5.41) is 9.19. The highest BCUT2D eigenvalue weighted by molar-refractivity contribution is 9.10. The number of hydrogen-bond donors (Lipinski definition) is 1. The zero-order valence-electron chi connectivity index (χ0n) is 9.33. The second kappa shape index (κ2) is 5.66. The number of nitrogens with one attached hydrogen (secondary N) is 1. The molecule has 1 aromatic heterocycles. The lowest BCUT2D eigenvalue weighted by Gasteiger charge is -2.11. The number of anilines is 1. The van der Waals surface area contributed by atoms with Gasteiger partial charge in [0.05, 0.1) is 5.56 Å². The van der Waals surface area contributed by atoms with Crippen molar-refractivity contribution in [3.05, 3.63) is 37.7 Å². The van der Waals surface area contributed by atoms with Gasteiger partial charge in [-0.25, -0.2) is 0 Å². The van der Waals surface area contributed by atoms with Gasteiger partial charge in [0.15, 0.2) is 0 Å². The van der Waals surface area contributed by atoms with Crippen LogP contribution in [0.5, 0.6) is 0 Å². The van der Waals surface area contributed by atoms with Crippen LogP contribution >= 0.6 is 38.9 Å². The lowest BCUT2D eigenvalue weighted by molar-refractivity contribution is -0.138. The molecule has 0 aliphatic carbocycles. The van der Waals surface area contributed by atoms with Gasteiger partial charge in [-0.15, -0.1) is 10.2 Å². The Hall–Kier alpha value is -1.19. The smallest absolute Gasteiger partial charge is 0.320 e. The number of carbonyl (C=O) groups is 1. The van der Waals surface area contributed by atoms with Crippen molar-refractivity contribution in [1.29, 1.82) is 0 Å². The highest BCUT2D eigenvalue weighted by Crippen LogP contribution is 2.36. The van der Waals surface area contributed by atoms with E-state index in [0.29, 0.717) is 0 Å². The van der Waals surface area contributed by atoms with E-state index < -0.39 is 17.6 Å². The summed E-state index contributed by atoms with van der Waals surface area (Å²) in [4.78, 5) is 11.7. The fourth-order valence-corrected chi connectivity index (χ4v) is 2.50. The maximum absolute atomic E-state index is 12.7. The molecule has 0 aliphatic heterocycles. The fourth-order valence-electron chi connectivity index (χ4n) is 1.30. The Bertz CT molecular complexity index is 661. The van der Waals surface area contributed by atoms with Gasteiger partial charge < -0.3 is 5.32 Å². The van der Waals surface area contributed by atoms with Gasteiger partial charge in [0, 0.05) is 10.2 Å². The number of alkyl halides is 3. The summed E-state index contributed by atoms with van der Waals surface area (Å²) in [5.41, 5.74) is -0.887. The Morgan fingerprint density at radius 1 is 1.35 bits per heavy atom. The van der Waals surface area contributed by atoms with Crippen LogP contribution in [0.4, 0.5) is 18.9 Å². The zero-order valence-corrected chi connectivity index (χ0v) is 12.5. The van der Waals surface area contributed by atoms with E-state index in [1.54, 1.807) is 0 Å². The summed E-state index contributed by atoms with van der Waals surface area (Å²) in [6.45, 7) is 0. The third-order valence-electron chi connectivity index (χ3n) is 2.12. The molecule has 2 rings (SSSR count). The maximum Gasteiger partial charge on any atom is 0.417 e. The molecule has 0 unspecified atom stereocenters. The molecule has 106 valence electrons. The quantitative estimate of drug-likeness (QED) is 0.840. The average molecular weight is 387 g/mol. The fraction of sp³-hybridized carbons (Fsp3) is 0.100. The van der Waals surface area contributed by atoms with E-state index in [0.717, 1.165) is 17.4 Å². The predicted octanol–water partition coefficient (Wildman–Crippen LogP) is 4.23. The van der Waals surface area contributed by atoms with Crippen LogP contribution < -0.4 is 5.32 Å². The van der Waals surface area contributed by atoms with E-state index in [4.69, 9.17) is 11.6 Å². The van der Waals surface area contributed by atoms with Gasteiger partial charge in [0.1, 0.15) is 0 Å². The van der Waals surface area contributed by atoms with Crippen LogP contribution in [0, 0.1) is 0 Å². The van der Waals surface area contributed by atoms with Gasteiger partial charge in [0.2, 0.25) is 9.47 Å². The molecular formula is C10H4BrClF3N3OS. The molecule has 1 amide bonds. The number of aromatic nitrogens is 2. The first-order valence-corrected chi connectivity index (χ1v) is 6.93. The number of carbonyl (C=O) groups excluding carboxylic acids is 1. The number of nitrogens with zero attached hydrogens (tertiary/aromatic N) is 2. The topological polar surface area (TPSA) is 54.9 Å². The molecule has 0 spiro atoms. The van der Waals surface area contributed by atoms with Crippen molar-refractivity contribution >= 4 is 50.5 Å². The third-order valence-corrected chi connectivity index (χ3v) is 3.83. The summed E-state index contributed by atoms with van der Waals surface area (Å²) >= 11 is 9.16. The predicted molar refractivity (Wildman–Crippen MR) is 72.0 cm³/mol. The van der Waals surface area contributed by atoms with E-state index in [2.05, 4.69) is 31.4 Å². The molecule has 4 nitrogen and oxygen atoms in total. The van der Waals surface area contributed by atoms with Crippen LogP contribution in [0.25, 0.3) is 0 Å². The maximum atomic E-state index is 12.7. The Labute approximate surface area is 128 Å². The number of amides is 1. The Balaban J connectivity index is 2.24. The van der Waals surface area contributed by atoms with E-state index in [-0.39, 0.29) is 19.6 Å². The van der Waals surface area contributed by atoms with Crippen molar-refractivity contribution < 1.29 is 18.0 Å². The molecule has 20 heavy (non-hydrogen) atoms. The highest BCUT2D eigenvalue weighted by Gasteiger charge is 2.33. The molecule has 0 saturated heterocycles. The minimum Gasteiger partial charge on any atom is -0.320 e.